The number of amides is 2. The number of hydrogen-bond acceptors (Lipinski definition) is 10. The van der Waals surface area contributed by atoms with Crippen LogP contribution in [0.5, 0.6) is 0 Å². The minimum atomic E-state index is -4.44. The predicted octanol–water partition coefficient (Wildman–Crippen LogP) is 10.8. The maximum Gasteiger partial charge on any atom is 0.406 e. The number of alkyl halides is 3. The van der Waals surface area contributed by atoms with Gasteiger partial charge in [0.15, 0.2) is 0 Å². The molecule has 3 aromatic carbocycles. The van der Waals surface area contributed by atoms with Gasteiger partial charge in [-0.15, -0.1) is 11.3 Å². The first-order valence-electron chi connectivity index (χ1n) is 25.2. The van der Waals surface area contributed by atoms with E-state index < -0.39 is 25.9 Å². The number of rotatable bonds is 20. The number of halogens is 4. The summed E-state index contributed by atoms with van der Waals surface area (Å²) in [7, 11) is -2.39. The van der Waals surface area contributed by atoms with Crippen LogP contribution < -0.4 is 31.5 Å². The second kappa shape index (κ2) is 25.1. The highest BCUT2D eigenvalue weighted by Gasteiger charge is 2.35. The van der Waals surface area contributed by atoms with Crippen molar-refractivity contribution in [3.05, 3.63) is 105 Å². The Morgan fingerprint density at radius 1 is 0.919 bits per heavy atom. The zero-order valence-electron chi connectivity index (χ0n) is 42.8. The van der Waals surface area contributed by atoms with Crippen LogP contribution in [0.1, 0.15) is 92.0 Å². The van der Waals surface area contributed by atoms with Gasteiger partial charge < -0.3 is 30.4 Å². The lowest BCUT2D eigenvalue weighted by molar-refractivity contribution is -0.140. The van der Waals surface area contributed by atoms with Crippen LogP contribution in [0.2, 0.25) is 5.02 Å². The van der Waals surface area contributed by atoms with Gasteiger partial charge in [0.2, 0.25) is 11.8 Å². The number of unbranched alkanes of at least 4 members (excludes halogenated alkanes) is 5. The molecule has 2 aromatic heterocycles. The molecular formula is C55H67ClF3N10O3PS. The molecule has 2 amide bonds. The normalized spacial score (nSPS) is 15.5. The summed E-state index contributed by atoms with van der Waals surface area (Å²) in [5.74, 6) is 6.00. The molecule has 0 unspecified atom stereocenters. The molecule has 6 N–H and O–H groups in total. The number of piperidine rings is 1. The molecule has 1 saturated heterocycles. The number of hydrogen-bond donors (Lipinski definition) is 6. The Hall–Kier alpha value is -5.92. The van der Waals surface area contributed by atoms with Gasteiger partial charge in [0.05, 0.1) is 36.4 Å². The fourth-order valence-electron chi connectivity index (χ4n) is 9.34. The van der Waals surface area contributed by atoms with Crippen molar-refractivity contribution in [3.63, 3.8) is 0 Å². The van der Waals surface area contributed by atoms with Crippen molar-refractivity contribution in [2.24, 2.45) is 4.99 Å². The maximum absolute atomic E-state index is 13.8. The number of amidine groups is 2. The first-order chi connectivity index (χ1) is 35.3. The topological polar surface area (TPSA) is 171 Å². The summed E-state index contributed by atoms with van der Waals surface area (Å²) in [6.45, 7) is 11.0. The highest BCUT2D eigenvalue weighted by atomic mass is 35.5. The van der Waals surface area contributed by atoms with Crippen molar-refractivity contribution < 1.29 is 27.3 Å². The molecule has 0 saturated carbocycles. The monoisotopic (exact) mass is 1070 g/mol. The van der Waals surface area contributed by atoms with Crippen molar-refractivity contribution in [1.82, 2.24) is 20.1 Å². The molecule has 1 atom stereocenters. The quantitative estimate of drug-likeness (QED) is 0.0148. The molecule has 1 fully saturated rings. The Balaban J connectivity index is 0.789. The van der Waals surface area contributed by atoms with Gasteiger partial charge in [-0.1, -0.05) is 61.4 Å². The Kier molecular flexibility index (Phi) is 18.9. The molecule has 13 nitrogen and oxygen atoms in total. The van der Waals surface area contributed by atoms with Crippen LogP contribution in [-0.4, -0.2) is 110 Å². The first kappa shape index (κ1) is 55.8. The smallest absolute Gasteiger partial charge is 0.382 e. The predicted molar refractivity (Wildman–Crippen MR) is 299 cm³/mol. The zero-order chi connectivity index (χ0) is 53.2. The fourth-order valence-corrected chi connectivity index (χ4v) is 11.6. The van der Waals surface area contributed by atoms with Crippen molar-refractivity contribution in [2.45, 2.75) is 103 Å². The number of aliphatic imine (C=N–C) groups is 1. The van der Waals surface area contributed by atoms with Gasteiger partial charge in [-0.3, -0.25) is 35.2 Å². The third kappa shape index (κ3) is 14.9. The molecule has 0 bridgehead atoms. The summed E-state index contributed by atoms with van der Waals surface area (Å²) in [5.41, 5.74) is 5.65. The van der Waals surface area contributed by atoms with Crippen molar-refractivity contribution >= 4 is 91.9 Å². The number of benzene rings is 3. The Bertz CT molecular complexity index is 2970. The summed E-state index contributed by atoms with van der Waals surface area (Å²) in [4.78, 5) is 36.0. The van der Waals surface area contributed by atoms with Crippen molar-refractivity contribution in [2.75, 3.05) is 68.1 Å². The average Bonchev–Trinajstić information content (AvgIpc) is 3.80. The van der Waals surface area contributed by atoms with E-state index >= 15 is 0 Å². The standard InChI is InChI=1S/C55H67ClF3N10O3PS/c1-36-37(2)74-54-51(36)52(39-17-19-40(56)20-18-39)66-47(53(61)69(54)38(3)60)33-49(70)63-27-10-8-6-7-9-11-28-64-50(71)34-67-30-25-42(26-31-67)65-46-15-12-16-48-45(46)32-43(68(48)35-55(57,58)59)14-13-29-62-41-21-23-44(24-22-41)73(4,5)72/h12,15-24,32,42,47,60-62,65H,6-11,25-31,33-35H2,1-5H3,(H,63,70)(H,64,71)/t47-/m0/s1. The van der Waals surface area contributed by atoms with Crippen LogP contribution in [0.15, 0.2) is 77.8 Å². The van der Waals surface area contributed by atoms with E-state index in [9.17, 15) is 27.3 Å². The third-order valence-electron chi connectivity index (χ3n) is 13.4. The van der Waals surface area contributed by atoms with E-state index in [2.05, 4.69) is 38.0 Å². The van der Waals surface area contributed by atoms with Crippen molar-refractivity contribution in [1.29, 1.82) is 10.8 Å². The molecule has 74 heavy (non-hydrogen) atoms. The molecular weight excluding hydrogens is 1000 g/mol. The summed E-state index contributed by atoms with van der Waals surface area (Å²) >= 11 is 7.73. The van der Waals surface area contributed by atoms with Crippen LogP contribution >= 0.6 is 30.1 Å². The molecule has 2 aliphatic rings. The lowest BCUT2D eigenvalue weighted by atomic mass is 9.99. The number of fused-ring (bicyclic) bond motifs is 2. The number of carbonyl (C=O) groups is 2. The number of thiophene rings is 1. The second-order valence-corrected chi connectivity index (χ2v) is 24.4. The lowest BCUT2D eigenvalue weighted by Gasteiger charge is -2.32. The van der Waals surface area contributed by atoms with Crippen LogP contribution in [0, 0.1) is 36.5 Å². The number of likely N-dealkylation sites (tertiary alicyclic amines) is 1. The van der Waals surface area contributed by atoms with Crippen LogP contribution in [0.4, 0.5) is 29.5 Å². The number of aromatic nitrogens is 1. The lowest BCUT2D eigenvalue weighted by Crippen LogP contribution is -2.44. The molecule has 7 rings (SSSR count). The van der Waals surface area contributed by atoms with Gasteiger partial charge in [-0.25, -0.2) is 0 Å². The molecule has 2 aliphatic heterocycles. The summed E-state index contributed by atoms with van der Waals surface area (Å²) < 4.78 is 55.0. The van der Waals surface area contributed by atoms with E-state index in [0.717, 1.165) is 94.6 Å². The van der Waals surface area contributed by atoms with E-state index in [4.69, 9.17) is 27.4 Å². The van der Waals surface area contributed by atoms with E-state index in [0.29, 0.717) is 54.4 Å². The van der Waals surface area contributed by atoms with Gasteiger partial charge in [0.1, 0.15) is 36.4 Å². The molecule has 4 heterocycles. The van der Waals surface area contributed by atoms with E-state index in [1.54, 1.807) is 67.6 Å². The minimum Gasteiger partial charge on any atom is -0.382 e. The molecule has 5 aromatic rings. The maximum atomic E-state index is 13.8. The van der Waals surface area contributed by atoms with E-state index in [-0.39, 0.29) is 48.2 Å². The summed E-state index contributed by atoms with van der Waals surface area (Å²) in [6.07, 6.45) is 2.73. The molecule has 0 spiro atoms. The Morgan fingerprint density at radius 3 is 2.20 bits per heavy atom. The number of carbonyl (C=O) groups excluding carboxylic acids is 2. The SMILES string of the molecule is CC(=N)N1C(=N)[C@H](CC(=O)NCCCCCCCCNC(=O)CN2CCC(Nc3cccc4c3cc(C#CCNc3ccc(P(C)(C)=O)cc3)n4CC(F)(F)F)CC2)N=C(c2ccc(Cl)cc2)c2c1sc(C)c2C. The third-order valence-corrected chi connectivity index (χ3v) is 16.4. The molecule has 0 radical (unpaired) electrons. The van der Waals surface area contributed by atoms with E-state index in [1.165, 1.54) is 15.9 Å². The molecule has 0 aliphatic carbocycles. The Morgan fingerprint density at radius 2 is 1.57 bits per heavy atom. The van der Waals surface area contributed by atoms with E-state index in [1.807, 2.05) is 44.2 Å². The minimum absolute atomic E-state index is 0.0120. The van der Waals surface area contributed by atoms with Gasteiger partial charge in [0.25, 0.3) is 0 Å². The highest BCUT2D eigenvalue weighted by molar-refractivity contribution is 7.70. The van der Waals surface area contributed by atoms with Crippen LogP contribution in [0.25, 0.3) is 10.9 Å². The molecule has 19 heteroatoms. The molecule has 394 valence electrons. The average molecular weight is 1070 g/mol. The summed E-state index contributed by atoms with van der Waals surface area (Å²) in [6, 6.07) is 21.0. The van der Waals surface area contributed by atoms with Crippen molar-refractivity contribution in [3.8, 4) is 11.8 Å². The number of aryl methyl sites for hydroxylation is 1. The van der Waals surface area contributed by atoms with Crippen LogP contribution in [-0.2, 0) is 20.7 Å². The van der Waals surface area contributed by atoms with Crippen LogP contribution in [0.3, 0.4) is 0 Å². The number of anilines is 3. The van der Waals surface area contributed by atoms with Gasteiger partial charge >= 0.3 is 6.18 Å². The highest BCUT2D eigenvalue weighted by Crippen LogP contribution is 2.40. The zero-order valence-corrected chi connectivity index (χ0v) is 45.2. The van der Waals surface area contributed by atoms with Gasteiger partial charge in [-0.2, -0.15) is 13.2 Å². The van der Waals surface area contributed by atoms with Gasteiger partial charge in [-0.05, 0) is 126 Å². The summed E-state index contributed by atoms with van der Waals surface area (Å²) in [5, 5.41) is 33.3. The fraction of sp³-hybridized carbons (Fsp3) is 0.436. The number of nitrogens with zero attached hydrogens (tertiary/aromatic N) is 4. The second-order valence-electron chi connectivity index (χ2n) is 19.5. The van der Waals surface area contributed by atoms with Gasteiger partial charge in [0, 0.05) is 75.3 Å². The largest absolute Gasteiger partial charge is 0.406 e. The number of nitrogens with one attached hydrogen (secondary N) is 6. The first-order valence-corrected chi connectivity index (χ1v) is 29.0. The Labute approximate surface area is 441 Å².